The number of aryl methyl sites for hydroxylation is 1. The molecule has 5 nitrogen and oxygen atoms in total. The molecule has 1 atom stereocenters. The largest absolute Gasteiger partial charge is 0.354 e. The third kappa shape index (κ3) is 1.73. The number of hydrogen-bond donors (Lipinski definition) is 2. The summed E-state index contributed by atoms with van der Waals surface area (Å²) in [5, 5.41) is 6.10. The molecule has 1 amide bonds. The maximum absolute atomic E-state index is 11.1. The van der Waals surface area contributed by atoms with E-state index >= 15 is 0 Å². The van der Waals surface area contributed by atoms with E-state index < -0.39 is 0 Å². The molecule has 1 aliphatic heterocycles. The van der Waals surface area contributed by atoms with Crippen LogP contribution < -0.4 is 10.6 Å². The topological polar surface area (TPSA) is 59.0 Å². The van der Waals surface area contributed by atoms with Crippen molar-refractivity contribution in [2.75, 3.05) is 11.9 Å². The van der Waals surface area contributed by atoms with Gasteiger partial charge in [0.05, 0.1) is 17.1 Å². The number of benzene rings is 1. The number of amides is 1. The van der Waals surface area contributed by atoms with Gasteiger partial charge < -0.3 is 15.2 Å². The molecule has 2 aromatic rings. The molecule has 0 spiro atoms. The number of carbonyl (C=O) groups is 1. The molecular weight excluding hydrogens is 216 g/mol. The van der Waals surface area contributed by atoms with Crippen LogP contribution in [0.15, 0.2) is 24.3 Å². The van der Waals surface area contributed by atoms with E-state index in [2.05, 4.69) is 15.6 Å². The molecule has 1 unspecified atom stereocenters. The number of nitrogens with zero attached hydrogens (tertiary/aromatic N) is 2. The molecule has 2 N–H and O–H groups in total. The molecule has 88 valence electrons. The quantitative estimate of drug-likeness (QED) is 0.805. The maximum atomic E-state index is 11.1. The second-order valence-electron chi connectivity index (χ2n) is 4.33. The summed E-state index contributed by atoms with van der Waals surface area (Å²) in [5.74, 6) is 0.911. The Balaban J connectivity index is 1.90. The minimum absolute atomic E-state index is 0.0984. The fraction of sp³-hybridized carbons (Fsp3) is 0.333. The van der Waals surface area contributed by atoms with Crippen LogP contribution in [0.4, 0.5) is 5.95 Å². The van der Waals surface area contributed by atoms with Crippen LogP contribution in [0, 0.1) is 0 Å². The molecule has 0 saturated carbocycles. The second kappa shape index (κ2) is 3.76. The van der Waals surface area contributed by atoms with E-state index in [4.69, 9.17) is 0 Å². The Morgan fingerprint density at radius 1 is 1.47 bits per heavy atom. The first-order valence-electron chi connectivity index (χ1n) is 5.69. The Hall–Kier alpha value is -2.04. The molecule has 2 heterocycles. The molecule has 1 aromatic carbocycles. The number of rotatable bonds is 2. The van der Waals surface area contributed by atoms with Crippen molar-refractivity contribution in [2.45, 2.75) is 12.5 Å². The number of carbonyl (C=O) groups excluding carboxylic acids is 1. The van der Waals surface area contributed by atoms with Crippen LogP contribution in [0.25, 0.3) is 11.0 Å². The third-order valence-electron chi connectivity index (χ3n) is 3.10. The smallest absolute Gasteiger partial charge is 0.222 e. The van der Waals surface area contributed by atoms with Crippen LogP contribution >= 0.6 is 0 Å². The van der Waals surface area contributed by atoms with E-state index in [9.17, 15) is 4.79 Å². The van der Waals surface area contributed by atoms with Gasteiger partial charge in [-0.25, -0.2) is 4.98 Å². The van der Waals surface area contributed by atoms with Crippen molar-refractivity contribution in [3.8, 4) is 0 Å². The lowest BCUT2D eigenvalue weighted by molar-refractivity contribution is -0.119. The van der Waals surface area contributed by atoms with E-state index in [1.807, 2.05) is 35.9 Å². The summed E-state index contributed by atoms with van der Waals surface area (Å²) >= 11 is 0. The molecule has 0 aliphatic carbocycles. The average molecular weight is 230 g/mol. The number of fused-ring (bicyclic) bond motifs is 1. The van der Waals surface area contributed by atoms with Gasteiger partial charge in [0.1, 0.15) is 0 Å². The van der Waals surface area contributed by atoms with Crippen LogP contribution in [-0.4, -0.2) is 28.0 Å². The highest BCUT2D eigenvalue weighted by Gasteiger charge is 2.22. The van der Waals surface area contributed by atoms with Gasteiger partial charge in [0.25, 0.3) is 0 Å². The summed E-state index contributed by atoms with van der Waals surface area (Å²) in [5.41, 5.74) is 2.06. The summed E-state index contributed by atoms with van der Waals surface area (Å²) in [6.45, 7) is 0.669. The fourth-order valence-corrected chi connectivity index (χ4v) is 2.16. The minimum Gasteiger partial charge on any atom is -0.354 e. The van der Waals surface area contributed by atoms with Crippen molar-refractivity contribution >= 4 is 22.9 Å². The van der Waals surface area contributed by atoms with Crippen molar-refractivity contribution in [1.29, 1.82) is 0 Å². The number of nitrogens with one attached hydrogen (secondary N) is 2. The molecule has 1 fully saturated rings. The highest BCUT2D eigenvalue weighted by molar-refractivity contribution is 5.81. The van der Waals surface area contributed by atoms with Crippen molar-refractivity contribution in [3.05, 3.63) is 24.3 Å². The second-order valence-corrected chi connectivity index (χ2v) is 4.33. The Bertz CT molecular complexity index is 575. The predicted molar refractivity (Wildman–Crippen MR) is 65.8 cm³/mol. The van der Waals surface area contributed by atoms with E-state index in [-0.39, 0.29) is 11.9 Å². The maximum Gasteiger partial charge on any atom is 0.222 e. The van der Waals surface area contributed by atoms with Crippen LogP contribution in [0.1, 0.15) is 6.42 Å². The molecule has 0 bridgehead atoms. The van der Waals surface area contributed by atoms with Gasteiger partial charge in [-0.3, -0.25) is 4.79 Å². The number of aromatic nitrogens is 2. The number of hydrogen-bond acceptors (Lipinski definition) is 3. The standard InChI is InChI=1S/C12H14N4O/c1-16-10-5-3-2-4-9(10)15-12(16)14-8-6-11(17)13-7-8/h2-5,8H,6-7H2,1H3,(H,13,17)(H,14,15). The highest BCUT2D eigenvalue weighted by atomic mass is 16.1. The Morgan fingerprint density at radius 2 is 2.29 bits per heavy atom. The lowest BCUT2D eigenvalue weighted by Crippen LogP contribution is -2.23. The first-order valence-corrected chi connectivity index (χ1v) is 5.69. The zero-order valence-electron chi connectivity index (χ0n) is 9.60. The highest BCUT2D eigenvalue weighted by Crippen LogP contribution is 2.19. The van der Waals surface area contributed by atoms with E-state index in [0.29, 0.717) is 13.0 Å². The van der Waals surface area contributed by atoms with Crippen LogP contribution in [0.5, 0.6) is 0 Å². The summed E-state index contributed by atoms with van der Waals surface area (Å²) in [4.78, 5) is 15.6. The van der Waals surface area contributed by atoms with Crippen molar-refractivity contribution < 1.29 is 4.79 Å². The number of imidazole rings is 1. The molecule has 17 heavy (non-hydrogen) atoms. The molecule has 1 saturated heterocycles. The lowest BCUT2D eigenvalue weighted by Gasteiger charge is -2.10. The lowest BCUT2D eigenvalue weighted by atomic mass is 10.3. The minimum atomic E-state index is 0.0984. The summed E-state index contributed by atoms with van der Waals surface area (Å²) < 4.78 is 2.01. The fourth-order valence-electron chi connectivity index (χ4n) is 2.16. The van der Waals surface area contributed by atoms with E-state index in [0.717, 1.165) is 17.0 Å². The Kier molecular flexibility index (Phi) is 2.24. The normalized spacial score (nSPS) is 19.6. The molecular formula is C12H14N4O. The molecule has 5 heteroatoms. The van der Waals surface area contributed by atoms with E-state index in [1.165, 1.54) is 0 Å². The summed E-state index contributed by atoms with van der Waals surface area (Å²) in [6, 6.07) is 8.12. The van der Waals surface area contributed by atoms with Gasteiger partial charge in [0.15, 0.2) is 0 Å². The molecule has 0 radical (unpaired) electrons. The van der Waals surface area contributed by atoms with Gasteiger partial charge in [-0.1, -0.05) is 12.1 Å². The van der Waals surface area contributed by atoms with Crippen molar-refractivity contribution in [3.63, 3.8) is 0 Å². The SMILES string of the molecule is Cn1c(NC2CNC(=O)C2)nc2ccccc21. The molecule has 1 aromatic heterocycles. The zero-order chi connectivity index (χ0) is 11.8. The average Bonchev–Trinajstić information content (AvgIpc) is 2.86. The van der Waals surface area contributed by atoms with Crippen LogP contribution in [0.2, 0.25) is 0 Å². The van der Waals surface area contributed by atoms with Crippen molar-refractivity contribution in [2.24, 2.45) is 7.05 Å². The summed E-state index contributed by atoms with van der Waals surface area (Å²) in [7, 11) is 1.97. The number of para-hydroxylation sites is 2. The Labute approximate surface area is 98.8 Å². The monoisotopic (exact) mass is 230 g/mol. The van der Waals surface area contributed by atoms with Crippen LogP contribution in [-0.2, 0) is 11.8 Å². The molecule has 1 aliphatic rings. The zero-order valence-corrected chi connectivity index (χ0v) is 9.60. The van der Waals surface area contributed by atoms with Gasteiger partial charge in [0, 0.05) is 20.0 Å². The first-order chi connectivity index (χ1) is 8.24. The third-order valence-corrected chi connectivity index (χ3v) is 3.10. The Morgan fingerprint density at radius 3 is 3.00 bits per heavy atom. The van der Waals surface area contributed by atoms with Gasteiger partial charge in [-0.05, 0) is 12.1 Å². The van der Waals surface area contributed by atoms with Crippen LogP contribution in [0.3, 0.4) is 0 Å². The predicted octanol–water partition coefficient (Wildman–Crippen LogP) is 0.874. The van der Waals surface area contributed by atoms with Gasteiger partial charge in [0.2, 0.25) is 11.9 Å². The van der Waals surface area contributed by atoms with E-state index in [1.54, 1.807) is 0 Å². The van der Waals surface area contributed by atoms with Gasteiger partial charge in [-0.15, -0.1) is 0 Å². The van der Waals surface area contributed by atoms with Gasteiger partial charge >= 0.3 is 0 Å². The van der Waals surface area contributed by atoms with Crippen molar-refractivity contribution in [1.82, 2.24) is 14.9 Å². The molecule has 3 rings (SSSR count). The van der Waals surface area contributed by atoms with Gasteiger partial charge in [-0.2, -0.15) is 0 Å². The summed E-state index contributed by atoms with van der Waals surface area (Å²) in [6.07, 6.45) is 0.517. The number of anilines is 1. The first kappa shape index (κ1) is 10.1.